The zero-order valence-corrected chi connectivity index (χ0v) is 19.8. The van der Waals surface area contributed by atoms with Crippen LogP contribution in [0.15, 0.2) is 42.9 Å². The molecule has 1 aliphatic carbocycles. The van der Waals surface area contributed by atoms with Crippen LogP contribution in [0.4, 0.5) is 13.2 Å². The fourth-order valence-corrected chi connectivity index (χ4v) is 4.11. The second kappa shape index (κ2) is 8.74. The van der Waals surface area contributed by atoms with Crippen LogP contribution >= 0.6 is 11.6 Å². The summed E-state index contributed by atoms with van der Waals surface area (Å²) in [5, 5.41) is 0.292. The lowest BCUT2D eigenvalue weighted by atomic mass is 10.1. The molecule has 1 fully saturated rings. The number of nitrogens with zero attached hydrogens (tertiary/aromatic N) is 5. The van der Waals surface area contributed by atoms with Gasteiger partial charge in [0.1, 0.15) is 23.4 Å². The number of benzene rings is 1. The van der Waals surface area contributed by atoms with Crippen molar-refractivity contribution in [3.8, 4) is 17.3 Å². The smallest absolute Gasteiger partial charge is 0.433 e. The summed E-state index contributed by atoms with van der Waals surface area (Å²) in [5.74, 6) is 0.138. The van der Waals surface area contributed by atoms with Crippen LogP contribution in [-0.4, -0.2) is 36.0 Å². The first-order chi connectivity index (χ1) is 17.0. The Balaban J connectivity index is 1.65. The molecule has 1 saturated carbocycles. The molecule has 4 aromatic rings. The number of aromatic nitrogens is 5. The molecule has 12 heteroatoms. The summed E-state index contributed by atoms with van der Waals surface area (Å²) in [6.07, 6.45) is -0.391. The molecule has 0 unspecified atom stereocenters. The Labute approximate surface area is 208 Å². The molecule has 0 atom stereocenters. The SMILES string of the molecule is CC1(Oc2ncnc3c2nc(-c2ccc(CC(N)=O)cc2Cl)n3Cc2ccnc(C(F)(F)F)c2)CC1. The Morgan fingerprint density at radius 3 is 2.61 bits per heavy atom. The van der Waals surface area contributed by atoms with Gasteiger partial charge in [-0.2, -0.15) is 18.2 Å². The van der Waals surface area contributed by atoms with Crippen molar-refractivity contribution in [2.75, 3.05) is 0 Å². The third-order valence-electron chi connectivity index (χ3n) is 5.90. The highest BCUT2D eigenvalue weighted by Crippen LogP contribution is 2.41. The maximum Gasteiger partial charge on any atom is 0.433 e. The van der Waals surface area contributed by atoms with Crippen LogP contribution in [0, 0.1) is 0 Å². The Kier molecular flexibility index (Phi) is 5.82. The molecule has 186 valence electrons. The van der Waals surface area contributed by atoms with Crippen LogP contribution < -0.4 is 10.5 Å². The Morgan fingerprint density at radius 2 is 1.94 bits per heavy atom. The molecular formula is C24H20ClF3N6O2. The second-order valence-electron chi connectivity index (χ2n) is 8.93. The number of amides is 1. The fraction of sp³-hybridized carbons (Fsp3) is 0.292. The molecule has 3 aromatic heterocycles. The number of ether oxygens (including phenoxy) is 1. The van der Waals surface area contributed by atoms with E-state index in [1.807, 2.05) is 6.92 Å². The van der Waals surface area contributed by atoms with E-state index >= 15 is 0 Å². The Morgan fingerprint density at radius 1 is 1.17 bits per heavy atom. The van der Waals surface area contributed by atoms with E-state index in [1.165, 1.54) is 12.4 Å². The molecule has 2 N–H and O–H groups in total. The molecule has 0 bridgehead atoms. The lowest BCUT2D eigenvalue weighted by molar-refractivity contribution is -0.141. The first-order valence-corrected chi connectivity index (χ1v) is 11.4. The lowest BCUT2D eigenvalue weighted by Gasteiger charge is -2.13. The van der Waals surface area contributed by atoms with E-state index in [9.17, 15) is 18.0 Å². The molecule has 5 rings (SSSR count). The van der Waals surface area contributed by atoms with E-state index < -0.39 is 17.8 Å². The van der Waals surface area contributed by atoms with E-state index in [-0.39, 0.29) is 24.4 Å². The number of imidazole rings is 1. The minimum atomic E-state index is -4.59. The summed E-state index contributed by atoms with van der Waals surface area (Å²) in [6, 6.07) is 7.46. The number of primary amides is 1. The van der Waals surface area contributed by atoms with Gasteiger partial charge in [-0.25, -0.2) is 9.97 Å². The predicted octanol–water partition coefficient (Wildman–Crippen LogP) is 4.57. The number of hydrogen-bond acceptors (Lipinski definition) is 6. The predicted molar refractivity (Wildman–Crippen MR) is 125 cm³/mol. The standard InChI is InChI=1S/C24H20ClF3N6O2/c1-23(5-6-23)36-22-19-21(31-12-32-22)34(11-14-4-7-30-17(9-14)24(26,27)28)20(33-19)15-3-2-13(8-16(15)25)10-18(29)35/h2-4,7-9,12H,5-6,10-11H2,1H3,(H2,29,35). The zero-order chi connectivity index (χ0) is 25.7. The summed E-state index contributed by atoms with van der Waals surface area (Å²) < 4.78 is 47.5. The minimum Gasteiger partial charge on any atom is -0.470 e. The van der Waals surface area contributed by atoms with E-state index in [0.29, 0.717) is 38.7 Å². The van der Waals surface area contributed by atoms with Gasteiger partial charge >= 0.3 is 6.18 Å². The second-order valence-corrected chi connectivity index (χ2v) is 9.34. The van der Waals surface area contributed by atoms with E-state index in [0.717, 1.165) is 25.1 Å². The van der Waals surface area contributed by atoms with Gasteiger partial charge in [0.15, 0.2) is 11.2 Å². The molecule has 1 amide bonds. The zero-order valence-electron chi connectivity index (χ0n) is 19.0. The van der Waals surface area contributed by atoms with Crippen LogP contribution in [0.1, 0.15) is 36.6 Å². The van der Waals surface area contributed by atoms with Crippen molar-refractivity contribution in [2.45, 2.75) is 44.5 Å². The van der Waals surface area contributed by atoms with Crippen LogP contribution in [0.2, 0.25) is 5.02 Å². The molecule has 8 nitrogen and oxygen atoms in total. The fourth-order valence-electron chi connectivity index (χ4n) is 3.82. The first kappa shape index (κ1) is 24.0. The minimum absolute atomic E-state index is 0.00448. The quantitative estimate of drug-likeness (QED) is 0.385. The van der Waals surface area contributed by atoms with Gasteiger partial charge in [0.2, 0.25) is 11.8 Å². The van der Waals surface area contributed by atoms with Gasteiger partial charge < -0.3 is 15.0 Å². The average Bonchev–Trinajstić information content (AvgIpc) is 3.42. The van der Waals surface area contributed by atoms with E-state index in [4.69, 9.17) is 27.1 Å². The number of carbonyl (C=O) groups excluding carboxylic acids is 1. The van der Waals surface area contributed by atoms with Gasteiger partial charge in [0.05, 0.1) is 18.0 Å². The third kappa shape index (κ3) is 4.83. The average molecular weight is 517 g/mol. The van der Waals surface area contributed by atoms with Crippen LogP contribution in [0.25, 0.3) is 22.6 Å². The van der Waals surface area contributed by atoms with Crippen molar-refractivity contribution in [3.63, 3.8) is 0 Å². The number of fused-ring (bicyclic) bond motifs is 1. The van der Waals surface area contributed by atoms with E-state index in [2.05, 4.69) is 15.0 Å². The van der Waals surface area contributed by atoms with Crippen molar-refractivity contribution < 1.29 is 22.7 Å². The number of halogens is 4. The summed E-state index contributed by atoms with van der Waals surface area (Å²) in [4.78, 5) is 28.1. The molecule has 0 aliphatic heterocycles. The first-order valence-electron chi connectivity index (χ1n) is 11.0. The molecule has 0 saturated heterocycles. The summed E-state index contributed by atoms with van der Waals surface area (Å²) in [5.41, 5.74) is 6.14. The normalized spacial score (nSPS) is 14.7. The summed E-state index contributed by atoms with van der Waals surface area (Å²) in [7, 11) is 0. The van der Waals surface area contributed by atoms with Gasteiger partial charge in [0, 0.05) is 11.8 Å². The molecular weight excluding hydrogens is 497 g/mol. The van der Waals surface area contributed by atoms with Gasteiger partial charge in [-0.3, -0.25) is 9.78 Å². The summed E-state index contributed by atoms with van der Waals surface area (Å²) in [6.45, 7) is 1.97. The molecule has 1 aromatic carbocycles. The molecule has 36 heavy (non-hydrogen) atoms. The van der Waals surface area contributed by atoms with Crippen molar-refractivity contribution in [1.29, 1.82) is 0 Å². The molecule has 0 radical (unpaired) electrons. The molecule has 3 heterocycles. The monoisotopic (exact) mass is 516 g/mol. The maximum atomic E-state index is 13.3. The van der Waals surface area contributed by atoms with Gasteiger partial charge in [-0.05, 0) is 55.2 Å². The molecule has 1 aliphatic rings. The van der Waals surface area contributed by atoms with Crippen molar-refractivity contribution in [1.82, 2.24) is 24.5 Å². The van der Waals surface area contributed by atoms with Gasteiger partial charge in [-0.1, -0.05) is 17.7 Å². The number of hydrogen-bond donors (Lipinski definition) is 1. The topological polar surface area (TPSA) is 109 Å². The van der Waals surface area contributed by atoms with Crippen LogP contribution in [0.5, 0.6) is 5.88 Å². The largest absolute Gasteiger partial charge is 0.470 e. The van der Waals surface area contributed by atoms with Crippen LogP contribution in [-0.2, 0) is 23.9 Å². The highest BCUT2D eigenvalue weighted by Gasteiger charge is 2.41. The van der Waals surface area contributed by atoms with E-state index in [1.54, 1.807) is 22.8 Å². The number of alkyl halides is 3. The number of rotatable bonds is 7. The number of pyridine rings is 1. The molecule has 0 spiro atoms. The highest BCUT2D eigenvalue weighted by atomic mass is 35.5. The summed E-state index contributed by atoms with van der Waals surface area (Å²) >= 11 is 6.56. The van der Waals surface area contributed by atoms with Crippen LogP contribution in [0.3, 0.4) is 0 Å². The Hall–Kier alpha value is -3.73. The number of carbonyl (C=O) groups is 1. The van der Waals surface area contributed by atoms with Crippen molar-refractivity contribution in [2.24, 2.45) is 5.73 Å². The lowest BCUT2D eigenvalue weighted by Crippen LogP contribution is -2.13. The third-order valence-corrected chi connectivity index (χ3v) is 6.22. The number of nitrogens with two attached hydrogens (primary N) is 1. The highest BCUT2D eigenvalue weighted by molar-refractivity contribution is 6.33. The van der Waals surface area contributed by atoms with Gasteiger partial charge in [0.25, 0.3) is 0 Å². The van der Waals surface area contributed by atoms with Gasteiger partial charge in [-0.15, -0.1) is 0 Å². The van der Waals surface area contributed by atoms with Crippen molar-refractivity contribution in [3.05, 3.63) is 64.7 Å². The van der Waals surface area contributed by atoms with Crippen molar-refractivity contribution >= 4 is 28.7 Å². The maximum absolute atomic E-state index is 13.3. The Bertz CT molecular complexity index is 1480.